The van der Waals surface area contributed by atoms with E-state index in [1.165, 1.54) is 12.1 Å². The highest BCUT2D eigenvalue weighted by Gasteiger charge is 2.33. The molecule has 0 saturated carbocycles. The number of ketones is 1. The number of halogens is 2. The zero-order valence-corrected chi connectivity index (χ0v) is 9.97. The number of carbonyl (C=O) groups excluding carboxylic acids is 1. The Hall–Kier alpha value is -1.25. The molecular formula is C13H16F2O. The molecule has 0 N–H and O–H groups in total. The molecule has 1 nitrogen and oxygen atoms in total. The van der Waals surface area contributed by atoms with Crippen LogP contribution >= 0.6 is 0 Å². The predicted molar refractivity (Wildman–Crippen MR) is 60.1 cm³/mol. The van der Waals surface area contributed by atoms with Gasteiger partial charge in [0, 0.05) is 12.5 Å². The third-order valence-corrected chi connectivity index (χ3v) is 2.41. The van der Waals surface area contributed by atoms with Crippen molar-refractivity contribution < 1.29 is 13.6 Å². The second-order valence-electron chi connectivity index (χ2n) is 5.04. The maximum Gasteiger partial charge on any atom is 0.307 e. The summed E-state index contributed by atoms with van der Waals surface area (Å²) in [4.78, 5) is 11.3. The Balaban J connectivity index is 3.01. The Labute approximate surface area is 94.5 Å². The lowest BCUT2D eigenvalue weighted by Crippen LogP contribution is -2.24. The van der Waals surface area contributed by atoms with E-state index < -0.39 is 11.7 Å². The van der Waals surface area contributed by atoms with Gasteiger partial charge in [-0.2, -0.15) is 8.78 Å². The summed E-state index contributed by atoms with van der Waals surface area (Å²) >= 11 is 0. The van der Waals surface area contributed by atoms with Crippen molar-refractivity contribution in [3.05, 3.63) is 35.4 Å². The first-order chi connectivity index (χ1) is 7.12. The van der Waals surface area contributed by atoms with Gasteiger partial charge in [-0.05, 0) is 11.0 Å². The molecule has 0 spiro atoms. The normalized spacial score (nSPS) is 12.6. The van der Waals surface area contributed by atoms with Crippen molar-refractivity contribution in [2.75, 3.05) is 0 Å². The van der Waals surface area contributed by atoms with Crippen LogP contribution in [-0.4, -0.2) is 11.7 Å². The maximum absolute atomic E-state index is 12.8. The standard InChI is InChI=1S/C13H16F2O/c1-12(2,3)10-7-5-9(6-8-10)11(16)13(4,14)15/h5-8H,1-4H3. The van der Waals surface area contributed by atoms with Crippen LogP contribution in [-0.2, 0) is 5.41 Å². The molecule has 16 heavy (non-hydrogen) atoms. The minimum Gasteiger partial charge on any atom is -0.287 e. The van der Waals surface area contributed by atoms with Crippen molar-refractivity contribution in [2.45, 2.75) is 39.0 Å². The van der Waals surface area contributed by atoms with Crippen molar-refractivity contribution in [1.82, 2.24) is 0 Å². The van der Waals surface area contributed by atoms with E-state index in [2.05, 4.69) is 0 Å². The van der Waals surface area contributed by atoms with E-state index in [0.717, 1.165) is 5.56 Å². The lowest BCUT2D eigenvalue weighted by atomic mass is 9.86. The summed E-state index contributed by atoms with van der Waals surface area (Å²) in [6.07, 6.45) is 0. The van der Waals surface area contributed by atoms with Gasteiger partial charge in [0.15, 0.2) is 0 Å². The quantitative estimate of drug-likeness (QED) is 0.700. The molecule has 0 unspecified atom stereocenters. The van der Waals surface area contributed by atoms with Crippen molar-refractivity contribution >= 4 is 5.78 Å². The first-order valence-corrected chi connectivity index (χ1v) is 5.15. The van der Waals surface area contributed by atoms with Gasteiger partial charge in [0.2, 0.25) is 5.78 Å². The maximum atomic E-state index is 12.8. The summed E-state index contributed by atoms with van der Waals surface area (Å²) in [5, 5.41) is 0. The second-order valence-corrected chi connectivity index (χ2v) is 5.04. The van der Waals surface area contributed by atoms with Gasteiger partial charge in [-0.3, -0.25) is 4.79 Å². The number of Topliss-reactive ketones (excluding diaryl/α,β-unsaturated/α-hetero) is 1. The zero-order chi connectivity index (χ0) is 12.6. The molecule has 0 aliphatic carbocycles. The van der Waals surface area contributed by atoms with E-state index in [-0.39, 0.29) is 11.0 Å². The van der Waals surface area contributed by atoms with Gasteiger partial charge in [0.25, 0.3) is 0 Å². The van der Waals surface area contributed by atoms with Gasteiger partial charge >= 0.3 is 5.92 Å². The molecule has 88 valence electrons. The van der Waals surface area contributed by atoms with Crippen LogP contribution in [0.1, 0.15) is 43.6 Å². The number of hydrogen-bond donors (Lipinski definition) is 0. The third-order valence-electron chi connectivity index (χ3n) is 2.41. The SMILES string of the molecule is CC(F)(F)C(=O)c1ccc(C(C)(C)C)cc1. The minimum absolute atomic E-state index is 0.0453. The summed E-state index contributed by atoms with van der Waals surface area (Å²) in [7, 11) is 0. The lowest BCUT2D eigenvalue weighted by Gasteiger charge is -2.19. The zero-order valence-electron chi connectivity index (χ0n) is 9.97. The molecule has 0 saturated heterocycles. The topological polar surface area (TPSA) is 17.1 Å². The monoisotopic (exact) mass is 226 g/mol. The van der Waals surface area contributed by atoms with E-state index in [1.807, 2.05) is 20.8 Å². The molecule has 1 rings (SSSR count). The summed E-state index contributed by atoms with van der Waals surface area (Å²) in [5.41, 5.74) is 1.03. The number of benzene rings is 1. The third kappa shape index (κ3) is 2.87. The molecule has 0 fully saturated rings. The lowest BCUT2D eigenvalue weighted by molar-refractivity contribution is 0.0221. The minimum atomic E-state index is -3.30. The smallest absolute Gasteiger partial charge is 0.287 e. The molecule has 1 aromatic rings. The molecule has 3 heteroatoms. The molecule has 0 bridgehead atoms. The summed E-state index contributed by atoms with van der Waals surface area (Å²) in [5.74, 6) is -4.43. The Morgan fingerprint density at radius 1 is 1.00 bits per heavy atom. The Morgan fingerprint density at radius 3 is 1.75 bits per heavy atom. The second kappa shape index (κ2) is 3.96. The molecule has 0 aliphatic heterocycles. The average molecular weight is 226 g/mol. The van der Waals surface area contributed by atoms with Crippen LogP contribution in [0, 0.1) is 0 Å². The Bertz CT molecular complexity index is 380. The van der Waals surface area contributed by atoms with Crippen LogP contribution in [0.5, 0.6) is 0 Å². The Kier molecular flexibility index (Phi) is 3.17. The largest absolute Gasteiger partial charge is 0.307 e. The van der Waals surface area contributed by atoms with E-state index in [4.69, 9.17) is 0 Å². The molecule has 0 atom stereocenters. The highest BCUT2D eigenvalue weighted by molar-refractivity contribution is 6.01. The first-order valence-electron chi connectivity index (χ1n) is 5.15. The van der Waals surface area contributed by atoms with Crippen molar-refractivity contribution in [2.24, 2.45) is 0 Å². The van der Waals surface area contributed by atoms with Gasteiger partial charge in [-0.15, -0.1) is 0 Å². The van der Waals surface area contributed by atoms with Crippen LogP contribution in [0.3, 0.4) is 0 Å². The van der Waals surface area contributed by atoms with Gasteiger partial charge in [0.05, 0.1) is 0 Å². The number of hydrogen-bond acceptors (Lipinski definition) is 1. The predicted octanol–water partition coefficient (Wildman–Crippen LogP) is 3.82. The molecule has 0 aliphatic rings. The van der Waals surface area contributed by atoms with Gasteiger partial charge in [0.1, 0.15) is 0 Å². The number of rotatable bonds is 2. The fourth-order valence-corrected chi connectivity index (χ4v) is 1.38. The summed E-state index contributed by atoms with van der Waals surface area (Å²) in [6, 6.07) is 6.36. The number of carbonyl (C=O) groups is 1. The van der Waals surface area contributed by atoms with Crippen molar-refractivity contribution in [3.8, 4) is 0 Å². The summed E-state index contributed by atoms with van der Waals surface area (Å²) < 4.78 is 25.6. The van der Waals surface area contributed by atoms with E-state index in [0.29, 0.717) is 6.92 Å². The highest BCUT2D eigenvalue weighted by atomic mass is 19.3. The molecule has 0 heterocycles. The van der Waals surface area contributed by atoms with E-state index in [1.54, 1.807) is 12.1 Å². The van der Waals surface area contributed by atoms with Gasteiger partial charge in [-0.25, -0.2) is 0 Å². The fraction of sp³-hybridized carbons (Fsp3) is 0.462. The van der Waals surface area contributed by atoms with E-state index in [9.17, 15) is 13.6 Å². The number of alkyl halides is 2. The highest BCUT2D eigenvalue weighted by Crippen LogP contribution is 2.24. The van der Waals surface area contributed by atoms with Crippen LogP contribution < -0.4 is 0 Å². The summed E-state index contributed by atoms with van der Waals surface area (Å²) in [6.45, 7) is 6.70. The fourth-order valence-electron chi connectivity index (χ4n) is 1.38. The first kappa shape index (κ1) is 12.8. The average Bonchev–Trinajstić information content (AvgIpc) is 2.14. The Morgan fingerprint density at radius 2 is 1.44 bits per heavy atom. The van der Waals surface area contributed by atoms with Crippen LogP contribution in [0.2, 0.25) is 0 Å². The molecular weight excluding hydrogens is 210 g/mol. The van der Waals surface area contributed by atoms with Crippen LogP contribution in [0.15, 0.2) is 24.3 Å². The van der Waals surface area contributed by atoms with Crippen molar-refractivity contribution in [3.63, 3.8) is 0 Å². The van der Waals surface area contributed by atoms with Gasteiger partial charge < -0.3 is 0 Å². The van der Waals surface area contributed by atoms with E-state index >= 15 is 0 Å². The van der Waals surface area contributed by atoms with Crippen LogP contribution in [0.4, 0.5) is 8.78 Å². The van der Waals surface area contributed by atoms with Gasteiger partial charge in [-0.1, -0.05) is 45.0 Å². The molecule has 0 amide bonds. The van der Waals surface area contributed by atoms with Crippen LogP contribution in [0.25, 0.3) is 0 Å². The van der Waals surface area contributed by atoms with Crippen molar-refractivity contribution in [1.29, 1.82) is 0 Å². The molecule has 1 aromatic carbocycles. The molecule has 0 radical (unpaired) electrons. The molecule has 0 aromatic heterocycles.